The molecule has 2 aliphatic rings. The van der Waals surface area contributed by atoms with Crippen molar-refractivity contribution in [1.29, 1.82) is 0 Å². The van der Waals surface area contributed by atoms with Crippen LogP contribution in [0.4, 0.5) is 5.69 Å². The van der Waals surface area contributed by atoms with Crippen LogP contribution in [0.5, 0.6) is 0 Å². The van der Waals surface area contributed by atoms with Crippen LogP contribution in [0.3, 0.4) is 0 Å². The van der Waals surface area contributed by atoms with Crippen LogP contribution in [0.1, 0.15) is 51.2 Å². The minimum atomic E-state index is -0.302. The normalized spacial score (nSPS) is 27.2. The number of carbonyl (C=O) groups excluding carboxylic acids is 1. The fourth-order valence-electron chi connectivity index (χ4n) is 4.90. The number of hydrogen-bond acceptors (Lipinski definition) is 2. The maximum absolute atomic E-state index is 13.3. The summed E-state index contributed by atoms with van der Waals surface area (Å²) < 4.78 is 5.72. The molecule has 0 N–H and O–H groups in total. The van der Waals surface area contributed by atoms with E-state index >= 15 is 0 Å². The van der Waals surface area contributed by atoms with Crippen molar-refractivity contribution in [2.75, 3.05) is 11.5 Å². The molecule has 1 amide bonds. The van der Waals surface area contributed by atoms with Gasteiger partial charge < -0.3 is 9.64 Å². The van der Waals surface area contributed by atoms with Crippen LogP contribution in [0.2, 0.25) is 0 Å². The van der Waals surface area contributed by atoms with Crippen molar-refractivity contribution in [3.05, 3.63) is 65.7 Å². The van der Waals surface area contributed by atoms with Crippen LogP contribution in [0.15, 0.2) is 54.6 Å². The number of benzene rings is 2. The Balaban J connectivity index is 1.85. The van der Waals surface area contributed by atoms with Gasteiger partial charge in [-0.1, -0.05) is 55.5 Å². The first kappa shape index (κ1) is 17.3. The van der Waals surface area contributed by atoms with Crippen molar-refractivity contribution >= 4 is 11.6 Å². The van der Waals surface area contributed by atoms with E-state index < -0.39 is 0 Å². The minimum absolute atomic E-state index is 0.107. The maximum Gasteiger partial charge on any atom is 0.256 e. The van der Waals surface area contributed by atoms with Crippen LogP contribution >= 0.6 is 0 Å². The van der Waals surface area contributed by atoms with E-state index in [1.165, 1.54) is 11.1 Å². The molecule has 0 saturated carbocycles. The van der Waals surface area contributed by atoms with Crippen molar-refractivity contribution in [1.82, 2.24) is 0 Å². The van der Waals surface area contributed by atoms with E-state index in [0.29, 0.717) is 6.61 Å². The number of ether oxygens (including phenoxy) is 1. The molecule has 2 heterocycles. The molecule has 1 saturated heterocycles. The highest BCUT2D eigenvalue weighted by Gasteiger charge is 2.49. The van der Waals surface area contributed by atoms with E-state index in [2.05, 4.69) is 69.3 Å². The number of carbonyl (C=O) groups is 1. The lowest BCUT2D eigenvalue weighted by Crippen LogP contribution is -2.58. The number of rotatable bonds is 2. The van der Waals surface area contributed by atoms with Crippen molar-refractivity contribution < 1.29 is 9.53 Å². The summed E-state index contributed by atoms with van der Waals surface area (Å²) in [6, 6.07) is 19.0. The van der Waals surface area contributed by atoms with Gasteiger partial charge in [0.25, 0.3) is 5.91 Å². The molecular formula is C23H27NO2. The van der Waals surface area contributed by atoms with Gasteiger partial charge in [-0.05, 0) is 50.3 Å². The van der Waals surface area contributed by atoms with Gasteiger partial charge in [0.1, 0.15) is 6.10 Å². The summed E-state index contributed by atoms with van der Waals surface area (Å²) in [7, 11) is 0. The predicted molar refractivity (Wildman–Crippen MR) is 104 cm³/mol. The number of para-hydroxylation sites is 1. The lowest BCUT2D eigenvalue weighted by atomic mass is 9.65. The summed E-state index contributed by atoms with van der Waals surface area (Å²) in [4.78, 5) is 15.3. The number of amides is 1. The summed E-state index contributed by atoms with van der Waals surface area (Å²) >= 11 is 0. The van der Waals surface area contributed by atoms with Gasteiger partial charge >= 0.3 is 0 Å². The molecule has 0 aliphatic carbocycles. The van der Waals surface area contributed by atoms with Gasteiger partial charge in [-0.2, -0.15) is 0 Å². The van der Waals surface area contributed by atoms with E-state index in [1.807, 2.05) is 11.0 Å². The molecule has 136 valence electrons. The lowest BCUT2D eigenvalue weighted by molar-refractivity contribution is -0.128. The smallest absolute Gasteiger partial charge is 0.256 e. The van der Waals surface area contributed by atoms with Crippen molar-refractivity contribution in [2.24, 2.45) is 0 Å². The van der Waals surface area contributed by atoms with Gasteiger partial charge in [0, 0.05) is 23.2 Å². The van der Waals surface area contributed by atoms with E-state index in [-0.39, 0.29) is 23.0 Å². The van der Waals surface area contributed by atoms with Crippen molar-refractivity contribution in [3.63, 3.8) is 0 Å². The zero-order valence-electron chi connectivity index (χ0n) is 15.9. The van der Waals surface area contributed by atoms with Gasteiger partial charge in [0.15, 0.2) is 0 Å². The highest BCUT2D eigenvalue weighted by Crippen LogP contribution is 2.50. The Kier molecular flexibility index (Phi) is 4.15. The van der Waals surface area contributed by atoms with Gasteiger partial charge in [-0.15, -0.1) is 0 Å². The third kappa shape index (κ3) is 2.66. The average molecular weight is 349 g/mol. The monoisotopic (exact) mass is 349 g/mol. The quantitative estimate of drug-likeness (QED) is 0.787. The summed E-state index contributed by atoms with van der Waals surface area (Å²) in [5.74, 6) is 0.107. The molecule has 0 bridgehead atoms. The molecule has 1 fully saturated rings. The second kappa shape index (κ2) is 6.24. The highest BCUT2D eigenvalue weighted by atomic mass is 16.5. The van der Waals surface area contributed by atoms with Crippen LogP contribution in [-0.2, 0) is 14.9 Å². The Hall–Kier alpha value is -2.13. The molecule has 3 heteroatoms. The number of anilines is 1. The predicted octanol–water partition coefficient (Wildman–Crippen LogP) is 4.69. The molecule has 0 aromatic heterocycles. The maximum atomic E-state index is 13.3. The zero-order valence-corrected chi connectivity index (χ0v) is 15.9. The number of fused-ring (bicyclic) bond motifs is 1. The molecule has 4 rings (SSSR count). The number of hydrogen-bond donors (Lipinski definition) is 0. The highest BCUT2D eigenvalue weighted by molar-refractivity contribution is 5.99. The Morgan fingerprint density at radius 1 is 1.04 bits per heavy atom. The molecule has 0 spiro atoms. The standard InChI is InChI=1S/C23H27NO2/c1-22(2)16-23(3,17-10-5-4-6-11-17)18-12-7-8-13-19(18)24(22)21(25)20-14-9-15-26-20/h4-8,10-13,20H,9,14-16H2,1-3H3/t20-,23-/m1/s1. The summed E-state index contributed by atoms with van der Waals surface area (Å²) in [6.07, 6.45) is 2.36. The van der Waals surface area contributed by atoms with Crippen molar-refractivity contribution in [2.45, 2.75) is 57.1 Å². The summed E-state index contributed by atoms with van der Waals surface area (Å²) in [6.45, 7) is 7.35. The molecule has 2 atom stereocenters. The average Bonchev–Trinajstić information content (AvgIpc) is 3.16. The molecule has 0 radical (unpaired) electrons. The van der Waals surface area contributed by atoms with Crippen molar-refractivity contribution in [3.8, 4) is 0 Å². The summed E-state index contributed by atoms with van der Waals surface area (Å²) in [5.41, 5.74) is 3.12. The lowest BCUT2D eigenvalue weighted by Gasteiger charge is -2.51. The molecule has 2 aromatic carbocycles. The Morgan fingerprint density at radius 2 is 1.73 bits per heavy atom. The first-order valence-corrected chi connectivity index (χ1v) is 9.54. The largest absolute Gasteiger partial charge is 0.368 e. The third-order valence-electron chi connectivity index (χ3n) is 5.97. The SMILES string of the molecule is CC1(C)C[C@](C)(c2ccccc2)c2ccccc2N1C(=O)[C@H]1CCCO1. The van der Waals surface area contributed by atoms with E-state index in [4.69, 9.17) is 4.74 Å². The van der Waals surface area contributed by atoms with Crippen LogP contribution in [0, 0.1) is 0 Å². The second-order valence-corrected chi connectivity index (χ2v) is 8.38. The Bertz CT molecular complexity index is 808. The van der Waals surface area contributed by atoms with Gasteiger partial charge in [-0.3, -0.25) is 4.79 Å². The first-order valence-electron chi connectivity index (χ1n) is 9.54. The third-order valence-corrected chi connectivity index (χ3v) is 5.97. The number of nitrogens with zero attached hydrogens (tertiary/aromatic N) is 1. The van der Waals surface area contributed by atoms with E-state index in [9.17, 15) is 4.79 Å². The first-order chi connectivity index (χ1) is 12.4. The molecule has 2 aliphatic heterocycles. The van der Waals surface area contributed by atoms with E-state index in [1.54, 1.807) is 0 Å². The topological polar surface area (TPSA) is 29.5 Å². The Morgan fingerprint density at radius 3 is 2.42 bits per heavy atom. The molecule has 3 nitrogen and oxygen atoms in total. The zero-order chi connectivity index (χ0) is 18.4. The summed E-state index contributed by atoms with van der Waals surface area (Å²) in [5, 5.41) is 0. The fourth-order valence-corrected chi connectivity index (χ4v) is 4.90. The molecule has 26 heavy (non-hydrogen) atoms. The Labute approximate surface area is 156 Å². The molecular weight excluding hydrogens is 322 g/mol. The molecule has 0 unspecified atom stereocenters. The van der Waals surface area contributed by atoms with Crippen LogP contribution < -0.4 is 4.90 Å². The van der Waals surface area contributed by atoms with Gasteiger partial charge in [-0.25, -0.2) is 0 Å². The van der Waals surface area contributed by atoms with Gasteiger partial charge in [0.2, 0.25) is 0 Å². The van der Waals surface area contributed by atoms with E-state index in [0.717, 1.165) is 24.9 Å². The fraction of sp³-hybridized carbons (Fsp3) is 0.435. The second-order valence-electron chi connectivity index (χ2n) is 8.38. The van der Waals surface area contributed by atoms with Crippen LogP contribution in [-0.4, -0.2) is 24.2 Å². The minimum Gasteiger partial charge on any atom is -0.368 e. The van der Waals surface area contributed by atoms with Crippen LogP contribution in [0.25, 0.3) is 0 Å². The molecule has 2 aromatic rings. The van der Waals surface area contributed by atoms with Gasteiger partial charge in [0.05, 0.1) is 0 Å².